The Balaban J connectivity index is 1.58. The van der Waals surface area contributed by atoms with Gasteiger partial charge in [0, 0.05) is 10.9 Å². The van der Waals surface area contributed by atoms with Gasteiger partial charge in [-0.15, -0.1) is 0 Å². The Hall–Kier alpha value is -2.55. The molecule has 23 heavy (non-hydrogen) atoms. The van der Waals surface area contributed by atoms with E-state index in [2.05, 4.69) is 12.1 Å². The molecule has 4 rings (SSSR count). The summed E-state index contributed by atoms with van der Waals surface area (Å²) < 4.78 is 11.1. The van der Waals surface area contributed by atoms with Crippen LogP contribution in [-0.2, 0) is 24.1 Å². The number of rotatable bonds is 3. The molecule has 0 aliphatic heterocycles. The number of carbonyl (C=O) groups is 1. The first kappa shape index (κ1) is 14.1. The minimum atomic E-state index is -0.262. The fourth-order valence-corrected chi connectivity index (χ4v) is 3.27. The standard InChI is InChI=1S/C20H18O3/c1-13-5-2-3-8-18(13)23-20(21)11-16-12-22-19-10-15-7-4-6-14(15)9-17(16)19/h2-3,5,8-10,12H,4,6-7,11H2,1H3. The molecule has 1 aliphatic rings. The van der Waals surface area contributed by atoms with Crippen molar-refractivity contribution < 1.29 is 13.9 Å². The van der Waals surface area contributed by atoms with Gasteiger partial charge in [-0.1, -0.05) is 18.2 Å². The molecule has 0 fully saturated rings. The van der Waals surface area contributed by atoms with Crippen molar-refractivity contribution in [3.05, 3.63) is 64.9 Å². The van der Waals surface area contributed by atoms with E-state index in [9.17, 15) is 4.79 Å². The van der Waals surface area contributed by atoms with E-state index in [4.69, 9.17) is 9.15 Å². The van der Waals surface area contributed by atoms with Gasteiger partial charge in [0.25, 0.3) is 0 Å². The summed E-state index contributed by atoms with van der Waals surface area (Å²) in [6.45, 7) is 1.93. The second-order valence-electron chi connectivity index (χ2n) is 6.15. The van der Waals surface area contributed by atoms with Crippen LogP contribution in [0.5, 0.6) is 5.75 Å². The lowest BCUT2D eigenvalue weighted by molar-refractivity contribution is -0.133. The summed E-state index contributed by atoms with van der Waals surface area (Å²) in [6, 6.07) is 11.8. The average molecular weight is 306 g/mol. The van der Waals surface area contributed by atoms with Crippen LogP contribution in [0, 0.1) is 6.92 Å². The van der Waals surface area contributed by atoms with Gasteiger partial charge >= 0.3 is 5.97 Å². The zero-order valence-electron chi connectivity index (χ0n) is 13.1. The van der Waals surface area contributed by atoms with Crippen molar-refractivity contribution in [1.29, 1.82) is 0 Å². The topological polar surface area (TPSA) is 39.4 Å². The molecule has 0 atom stereocenters. The Kier molecular flexibility index (Phi) is 3.41. The average Bonchev–Trinajstić information content (AvgIpc) is 3.14. The summed E-state index contributed by atoms with van der Waals surface area (Å²) in [4.78, 5) is 12.2. The Labute approximate surface area is 134 Å². The Morgan fingerprint density at radius 2 is 1.96 bits per heavy atom. The van der Waals surface area contributed by atoms with Crippen LogP contribution in [-0.4, -0.2) is 5.97 Å². The SMILES string of the molecule is Cc1ccccc1OC(=O)Cc1coc2cc3c(cc12)CCC3. The summed E-state index contributed by atoms with van der Waals surface area (Å²) in [5.74, 6) is 0.355. The molecule has 0 bridgehead atoms. The zero-order chi connectivity index (χ0) is 15.8. The van der Waals surface area contributed by atoms with Crippen molar-refractivity contribution in [2.75, 3.05) is 0 Å². The fraction of sp³-hybridized carbons (Fsp3) is 0.250. The highest BCUT2D eigenvalue weighted by Gasteiger charge is 2.17. The number of hydrogen-bond donors (Lipinski definition) is 0. The van der Waals surface area contributed by atoms with Crippen molar-refractivity contribution in [3.8, 4) is 5.75 Å². The first-order valence-corrected chi connectivity index (χ1v) is 7.99. The molecule has 1 aromatic heterocycles. The highest BCUT2D eigenvalue weighted by molar-refractivity contribution is 5.87. The minimum Gasteiger partial charge on any atom is -0.464 e. The van der Waals surface area contributed by atoms with Crippen molar-refractivity contribution in [2.24, 2.45) is 0 Å². The lowest BCUT2D eigenvalue weighted by atomic mass is 10.0. The quantitative estimate of drug-likeness (QED) is 0.532. The number of esters is 1. The van der Waals surface area contributed by atoms with Crippen LogP contribution in [0.4, 0.5) is 0 Å². The van der Waals surface area contributed by atoms with E-state index < -0.39 is 0 Å². The van der Waals surface area contributed by atoms with E-state index in [1.807, 2.05) is 31.2 Å². The number of benzene rings is 2. The maximum atomic E-state index is 12.2. The van der Waals surface area contributed by atoms with Crippen molar-refractivity contribution in [3.63, 3.8) is 0 Å². The predicted octanol–water partition coefficient (Wildman–Crippen LogP) is 4.38. The van der Waals surface area contributed by atoms with Gasteiger partial charge in [-0.05, 0) is 61.1 Å². The minimum absolute atomic E-state index is 0.222. The van der Waals surface area contributed by atoms with Gasteiger partial charge in [-0.25, -0.2) is 0 Å². The highest BCUT2D eigenvalue weighted by Crippen LogP contribution is 2.30. The maximum Gasteiger partial charge on any atom is 0.315 e. The third-order valence-corrected chi connectivity index (χ3v) is 4.52. The summed E-state index contributed by atoms with van der Waals surface area (Å²) in [5, 5.41) is 1.03. The smallest absolute Gasteiger partial charge is 0.315 e. The molecule has 0 saturated carbocycles. The molecule has 0 spiro atoms. The van der Waals surface area contributed by atoms with E-state index in [-0.39, 0.29) is 12.4 Å². The van der Waals surface area contributed by atoms with Gasteiger partial charge in [-0.2, -0.15) is 0 Å². The third-order valence-electron chi connectivity index (χ3n) is 4.52. The molecule has 0 saturated heterocycles. The predicted molar refractivity (Wildman–Crippen MR) is 88.8 cm³/mol. The molecule has 0 radical (unpaired) electrons. The largest absolute Gasteiger partial charge is 0.464 e. The number of furan rings is 1. The lowest BCUT2D eigenvalue weighted by Crippen LogP contribution is -2.11. The Bertz CT molecular complexity index is 889. The van der Waals surface area contributed by atoms with Crippen LogP contribution in [0.2, 0.25) is 0 Å². The molecule has 0 N–H and O–H groups in total. The molecule has 0 unspecified atom stereocenters. The van der Waals surface area contributed by atoms with Crippen LogP contribution < -0.4 is 4.74 Å². The maximum absolute atomic E-state index is 12.2. The van der Waals surface area contributed by atoms with E-state index in [1.54, 1.807) is 6.26 Å². The number of ether oxygens (including phenoxy) is 1. The van der Waals surface area contributed by atoms with Gasteiger partial charge < -0.3 is 9.15 Å². The summed E-state index contributed by atoms with van der Waals surface area (Å²) in [5.41, 5.74) is 5.47. The zero-order valence-corrected chi connectivity index (χ0v) is 13.1. The second-order valence-corrected chi connectivity index (χ2v) is 6.15. The molecule has 3 heteroatoms. The van der Waals surface area contributed by atoms with E-state index in [0.717, 1.165) is 34.9 Å². The van der Waals surface area contributed by atoms with Gasteiger partial charge in [0.2, 0.25) is 0 Å². The first-order chi connectivity index (χ1) is 11.2. The molecule has 3 aromatic rings. The third kappa shape index (κ3) is 2.63. The van der Waals surface area contributed by atoms with Crippen LogP contribution in [0.1, 0.15) is 28.7 Å². The normalized spacial score (nSPS) is 13.3. The molecule has 1 heterocycles. The van der Waals surface area contributed by atoms with Gasteiger partial charge in [0.15, 0.2) is 0 Å². The highest BCUT2D eigenvalue weighted by atomic mass is 16.5. The van der Waals surface area contributed by atoms with Crippen molar-refractivity contribution in [1.82, 2.24) is 0 Å². The molecule has 1 aliphatic carbocycles. The molecule has 0 amide bonds. The number of fused-ring (bicyclic) bond motifs is 2. The Morgan fingerprint density at radius 1 is 1.17 bits per heavy atom. The molecule has 2 aromatic carbocycles. The fourth-order valence-electron chi connectivity index (χ4n) is 3.27. The second kappa shape index (κ2) is 5.58. The number of hydrogen-bond acceptors (Lipinski definition) is 3. The van der Waals surface area contributed by atoms with Gasteiger partial charge in [0.1, 0.15) is 11.3 Å². The monoisotopic (exact) mass is 306 g/mol. The summed E-state index contributed by atoms with van der Waals surface area (Å²) in [6.07, 6.45) is 5.34. The van der Waals surface area contributed by atoms with Crippen molar-refractivity contribution >= 4 is 16.9 Å². The molecule has 3 nitrogen and oxygen atoms in total. The van der Waals surface area contributed by atoms with Crippen LogP contribution in [0.25, 0.3) is 11.0 Å². The molecular weight excluding hydrogens is 288 g/mol. The van der Waals surface area contributed by atoms with Crippen LogP contribution in [0.15, 0.2) is 47.1 Å². The van der Waals surface area contributed by atoms with E-state index in [0.29, 0.717) is 5.75 Å². The summed E-state index contributed by atoms with van der Waals surface area (Å²) >= 11 is 0. The number of carbonyl (C=O) groups excluding carboxylic acids is 1. The van der Waals surface area contributed by atoms with Crippen LogP contribution in [0.3, 0.4) is 0 Å². The summed E-state index contributed by atoms with van der Waals surface area (Å²) in [7, 11) is 0. The molecule has 116 valence electrons. The van der Waals surface area contributed by atoms with Gasteiger partial charge in [0.05, 0.1) is 12.7 Å². The van der Waals surface area contributed by atoms with E-state index >= 15 is 0 Å². The molecular formula is C20H18O3. The first-order valence-electron chi connectivity index (χ1n) is 7.99. The lowest BCUT2D eigenvalue weighted by Gasteiger charge is -2.06. The van der Waals surface area contributed by atoms with E-state index in [1.165, 1.54) is 17.5 Å². The number of para-hydroxylation sites is 1. The van der Waals surface area contributed by atoms with Crippen molar-refractivity contribution in [2.45, 2.75) is 32.6 Å². The number of aryl methyl sites for hydroxylation is 3. The Morgan fingerprint density at radius 3 is 2.78 bits per heavy atom. The van der Waals surface area contributed by atoms with Gasteiger partial charge in [-0.3, -0.25) is 4.79 Å². The van der Waals surface area contributed by atoms with Crippen LogP contribution >= 0.6 is 0 Å².